The Morgan fingerprint density at radius 3 is 2.60 bits per heavy atom. The van der Waals surface area contributed by atoms with Crippen molar-refractivity contribution in [2.45, 2.75) is 43.5 Å². The molecule has 1 N–H and O–H groups in total. The Morgan fingerprint density at radius 1 is 1.24 bits per heavy atom. The molecule has 1 aromatic rings. The lowest BCUT2D eigenvalue weighted by Gasteiger charge is -2.34. The third-order valence-electron chi connectivity index (χ3n) is 4.47. The second-order valence-electron chi connectivity index (χ2n) is 6.18. The van der Waals surface area contributed by atoms with Gasteiger partial charge in [-0.15, -0.1) is 11.8 Å². The number of hydrogen-bond donors (Lipinski definition) is 1. The second-order valence-corrected chi connectivity index (χ2v) is 7.35. The molecule has 1 aliphatic heterocycles. The van der Waals surface area contributed by atoms with E-state index in [2.05, 4.69) is 17.1 Å². The highest BCUT2D eigenvalue weighted by molar-refractivity contribution is 7.99. The minimum Gasteiger partial charge on any atom is -0.493 e. The molecule has 0 bridgehead atoms. The van der Waals surface area contributed by atoms with Gasteiger partial charge in [0.15, 0.2) is 11.5 Å². The molecule has 0 unspecified atom stereocenters. The van der Waals surface area contributed by atoms with Crippen LogP contribution in [0.5, 0.6) is 11.5 Å². The number of carbonyl (C=O) groups excluding carboxylic acids is 1. The molecule has 1 saturated heterocycles. The highest BCUT2D eigenvalue weighted by Crippen LogP contribution is 2.32. The zero-order chi connectivity index (χ0) is 18.1. The summed E-state index contributed by atoms with van der Waals surface area (Å²) in [7, 11) is 3.27. The summed E-state index contributed by atoms with van der Waals surface area (Å²) in [6, 6.07) is 6.28. The predicted molar refractivity (Wildman–Crippen MR) is 103 cm³/mol. The Hall–Kier alpha value is -1.40. The Balaban J connectivity index is 1.87. The molecule has 1 heterocycles. The van der Waals surface area contributed by atoms with E-state index in [4.69, 9.17) is 9.47 Å². The number of methoxy groups -OCH3 is 2. The van der Waals surface area contributed by atoms with E-state index in [0.717, 1.165) is 61.0 Å². The molecule has 0 saturated carbocycles. The van der Waals surface area contributed by atoms with Gasteiger partial charge < -0.3 is 19.7 Å². The van der Waals surface area contributed by atoms with Gasteiger partial charge in [-0.2, -0.15) is 0 Å². The first kappa shape index (κ1) is 19.9. The molecule has 0 radical (unpaired) electrons. The summed E-state index contributed by atoms with van der Waals surface area (Å²) in [5, 5.41) is 3.37. The molecule has 0 aromatic heterocycles. The molecule has 1 amide bonds. The summed E-state index contributed by atoms with van der Waals surface area (Å²) in [5.41, 5.74) is 0. The van der Waals surface area contributed by atoms with Gasteiger partial charge in [0.2, 0.25) is 5.91 Å². The smallest absolute Gasteiger partial charge is 0.223 e. The minimum absolute atomic E-state index is 0.279. The summed E-state index contributed by atoms with van der Waals surface area (Å²) in [6.45, 7) is 5.03. The molecule has 2 rings (SSSR count). The van der Waals surface area contributed by atoms with E-state index in [1.165, 1.54) is 0 Å². The molecule has 5 nitrogen and oxygen atoms in total. The number of amides is 1. The number of nitrogens with one attached hydrogen (secondary N) is 1. The number of ether oxygens (including phenoxy) is 2. The Kier molecular flexibility index (Phi) is 8.41. The lowest BCUT2D eigenvalue weighted by Crippen LogP contribution is -2.46. The number of nitrogens with zero attached hydrogens (tertiary/aromatic N) is 1. The van der Waals surface area contributed by atoms with Gasteiger partial charge >= 0.3 is 0 Å². The maximum Gasteiger partial charge on any atom is 0.223 e. The van der Waals surface area contributed by atoms with Crippen LogP contribution in [0.2, 0.25) is 0 Å². The molecule has 25 heavy (non-hydrogen) atoms. The van der Waals surface area contributed by atoms with Gasteiger partial charge in [0.05, 0.1) is 14.2 Å². The van der Waals surface area contributed by atoms with E-state index in [1.54, 1.807) is 26.0 Å². The van der Waals surface area contributed by atoms with E-state index >= 15 is 0 Å². The van der Waals surface area contributed by atoms with E-state index in [-0.39, 0.29) is 5.91 Å². The standard InChI is InChI=1S/C19H30N2O3S/c1-4-12-21(15-7-10-20-11-8-15)19(22)9-13-25-16-5-6-17(23-2)18(14-16)24-3/h5-6,14-15,20H,4,7-13H2,1-3H3. The van der Waals surface area contributed by atoms with Gasteiger partial charge in [-0.25, -0.2) is 0 Å². The molecule has 1 fully saturated rings. The molecular weight excluding hydrogens is 336 g/mol. The van der Waals surface area contributed by atoms with Crippen molar-refractivity contribution >= 4 is 17.7 Å². The van der Waals surface area contributed by atoms with E-state index in [9.17, 15) is 4.79 Å². The van der Waals surface area contributed by atoms with Crippen molar-refractivity contribution in [2.24, 2.45) is 0 Å². The summed E-state index contributed by atoms with van der Waals surface area (Å²) < 4.78 is 10.6. The molecule has 140 valence electrons. The van der Waals surface area contributed by atoms with Crippen LogP contribution in [0, 0.1) is 0 Å². The first-order valence-electron chi connectivity index (χ1n) is 9.04. The Bertz CT molecular complexity index is 547. The maximum atomic E-state index is 12.7. The number of rotatable bonds is 9. The summed E-state index contributed by atoms with van der Waals surface area (Å²) in [5.74, 6) is 2.50. The third kappa shape index (κ3) is 5.82. The zero-order valence-corrected chi connectivity index (χ0v) is 16.4. The average Bonchev–Trinajstić information content (AvgIpc) is 2.66. The topological polar surface area (TPSA) is 50.8 Å². The fourth-order valence-electron chi connectivity index (χ4n) is 3.18. The molecule has 0 spiro atoms. The van der Waals surface area contributed by atoms with Crippen molar-refractivity contribution in [2.75, 3.05) is 39.6 Å². The van der Waals surface area contributed by atoms with E-state index < -0.39 is 0 Å². The average molecular weight is 367 g/mol. The van der Waals surface area contributed by atoms with Crippen LogP contribution in [-0.4, -0.2) is 56.5 Å². The predicted octanol–water partition coefficient (Wildman–Crippen LogP) is 3.18. The van der Waals surface area contributed by atoms with Crippen LogP contribution in [0.1, 0.15) is 32.6 Å². The number of piperidine rings is 1. The molecule has 6 heteroatoms. The van der Waals surface area contributed by atoms with Gasteiger partial charge in [-0.05, 0) is 50.6 Å². The molecular formula is C19H30N2O3S. The Morgan fingerprint density at radius 2 is 1.96 bits per heavy atom. The first-order valence-corrected chi connectivity index (χ1v) is 10.0. The number of benzene rings is 1. The lowest BCUT2D eigenvalue weighted by molar-refractivity contribution is -0.133. The summed E-state index contributed by atoms with van der Waals surface area (Å²) in [4.78, 5) is 15.9. The van der Waals surface area contributed by atoms with Gasteiger partial charge in [0, 0.05) is 29.7 Å². The fraction of sp³-hybridized carbons (Fsp3) is 0.632. The van der Waals surface area contributed by atoms with Crippen LogP contribution in [0.15, 0.2) is 23.1 Å². The van der Waals surface area contributed by atoms with Gasteiger partial charge in [-0.3, -0.25) is 4.79 Å². The number of thioether (sulfide) groups is 1. The van der Waals surface area contributed by atoms with Crippen LogP contribution in [-0.2, 0) is 4.79 Å². The van der Waals surface area contributed by atoms with Crippen LogP contribution in [0.25, 0.3) is 0 Å². The molecule has 1 aromatic carbocycles. The summed E-state index contributed by atoms with van der Waals surface area (Å²) >= 11 is 1.68. The van der Waals surface area contributed by atoms with Gasteiger partial charge in [-0.1, -0.05) is 6.92 Å². The normalized spacial score (nSPS) is 15.0. The van der Waals surface area contributed by atoms with Crippen LogP contribution in [0.4, 0.5) is 0 Å². The fourth-order valence-corrected chi connectivity index (χ4v) is 4.04. The first-order chi connectivity index (χ1) is 12.2. The van der Waals surface area contributed by atoms with Crippen molar-refractivity contribution in [1.82, 2.24) is 10.2 Å². The zero-order valence-electron chi connectivity index (χ0n) is 15.5. The van der Waals surface area contributed by atoms with Crippen molar-refractivity contribution in [3.05, 3.63) is 18.2 Å². The second kappa shape index (κ2) is 10.6. The SMILES string of the molecule is CCCN(C(=O)CCSc1ccc(OC)c(OC)c1)C1CCNCC1. The summed E-state index contributed by atoms with van der Waals surface area (Å²) in [6.07, 6.45) is 3.71. The minimum atomic E-state index is 0.279. The number of carbonyl (C=O) groups is 1. The largest absolute Gasteiger partial charge is 0.493 e. The van der Waals surface area contributed by atoms with Crippen LogP contribution in [0.3, 0.4) is 0 Å². The molecule has 0 aliphatic carbocycles. The van der Waals surface area contributed by atoms with Crippen molar-refractivity contribution in [3.8, 4) is 11.5 Å². The highest BCUT2D eigenvalue weighted by Gasteiger charge is 2.24. The van der Waals surface area contributed by atoms with Gasteiger partial charge in [0.25, 0.3) is 0 Å². The monoisotopic (exact) mass is 366 g/mol. The van der Waals surface area contributed by atoms with Crippen molar-refractivity contribution in [1.29, 1.82) is 0 Å². The maximum absolute atomic E-state index is 12.7. The van der Waals surface area contributed by atoms with E-state index in [0.29, 0.717) is 12.5 Å². The van der Waals surface area contributed by atoms with E-state index in [1.807, 2.05) is 18.2 Å². The van der Waals surface area contributed by atoms with Gasteiger partial charge in [0.1, 0.15) is 0 Å². The quantitative estimate of drug-likeness (QED) is 0.680. The Labute approximate surface area is 155 Å². The lowest BCUT2D eigenvalue weighted by atomic mass is 10.0. The molecule has 1 aliphatic rings. The molecule has 0 atom stereocenters. The number of hydrogen-bond acceptors (Lipinski definition) is 5. The van der Waals surface area contributed by atoms with Crippen molar-refractivity contribution in [3.63, 3.8) is 0 Å². The van der Waals surface area contributed by atoms with Crippen molar-refractivity contribution < 1.29 is 14.3 Å². The van der Waals surface area contributed by atoms with Crippen LogP contribution >= 0.6 is 11.8 Å². The third-order valence-corrected chi connectivity index (χ3v) is 5.47. The van der Waals surface area contributed by atoms with Crippen LogP contribution < -0.4 is 14.8 Å². The highest BCUT2D eigenvalue weighted by atomic mass is 32.2.